The molecule has 1 atom stereocenters. The van der Waals surface area contributed by atoms with Gasteiger partial charge in [0.25, 0.3) is 0 Å². The van der Waals surface area contributed by atoms with E-state index in [0.29, 0.717) is 11.7 Å². The Morgan fingerprint density at radius 2 is 2.29 bits per heavy atom. The van der Waals surface area contributed by atoms with Gasteiger partial charge in [0.15, 0.2) is 0 Å². The van der Waals surface area contributed by atoms with Gasteiger partial charge in [-0.25, -0.2) is 0 Å². The third-order valence-electron chi connectivity index (χ3n) is 2.62. The Hall–Kier alpha value is -1.38. The lowest BCUT2D eigenvalue weighted by molar-refractivity contribution is 0.474. The van der Waals surface area contributed by atoms with E-state index in [1.165, 1.54) is 0 Å². The maximum atomic E-state index is 9.76. The van der Waals surface area contributed by atoms with E-state index in [-0.39, 0.29) is 0 Å². The van der Waals surface area contributed by atoms with E-state index in [2.05, 4.69) is 17.1 Å². The van der Waals surface area contributed by atoms with Crippen LogP contribution >= 0.6 is 0 Å². The molecular weight excluding hydrogens is 176 g/mol. The average molecular weight is 192 g/mol. The van der Waals surface area contributed by atoms with Gasteiger partial charge in [-0.15, -0.1) is 0 Å². The van der Waals surface area contributed by atoms with Crippen LogP contribution < -0.4 is 10.2 Å². The average Bonchev–Trinajstić information content (AvgIpc) is 2.27. The van der Waals surface area contributed by atoms with Crippen LogP contribution in [0.4, 0.5) is 11.4 Å². The molecule has 1 aliphatic heterocycles. The van der Waals surface area contributed by atoms with Crippen molar-refractivity contribution >= 4 is 11.4 Å². The number of anilines is 2. The highest BCUT2D eigenvalue weighted by Gasteiger charge is 2.18. The largest absolute Gasteiger partial charge is 0.506 e. The zero-order valence-electron chi connectivity index (χ0n) is 8.62. The first kappa shape index (κ1) is 9.19. The summed E-state index contributed by atoms with van der Waals surface area (Å²) in [5.74, 6) is 0.943. The zero-order valence-corrected chi connectivity index (χ0v) is 8.62. The summed E-state index contributed by atoms with van der Waals surface area (Å²) in [6.45, 7) is 4.13. The fourth-order valence-electron chi connectivity index (χ4n) is 1.98. The van der Waals surface area contributed by atoms with Gasteiger partial charge in [-0.05, 0) is 18.1 Å². The molecule has 0 aliphatic carbocycles. The van der Waals surface area contributed by atoms with Crippen molar-refractivity contribution in [3.05, 3.63) is 18.2 Å². The third kappa shape index (κ3) is 1.50. The molecule has 3 heteroatoms. The van der Waals surface area contributed by atoms with Crippen LogP contribution in [0.1, 0.15) is 6.92 Å². The van der Waals surface area contributed by atoms with Crippen molar-refractivity contribution in [3.63, 3.8) is 0 Å². The summed E-state index contributed by atoms with van der Waals surface area (Å²) in [6, 6.07) is 5.60. The molecule has 2 N–H and O–H groups in total. The minimum atomic E-state index is 0.353. The molecule has 0 saturated carbocycles. The van der Waals surface area contributed by atoms with Gasteiger partial charge in [0.1, 0.15) is 11.4 Å². The molecular formula is C11H16N2O. The predicted octanol–water partition coefficient (Wildman–Crippen LogP) is 1.89. The molecule has 1 aromatic rings. The van der Waals surface area contributed by atoms with Crippen molar-refractivity contribution < 1.29 is 5.11 Å². The first-order valence-corrected chi connectivity index (χ1v) is 4.95. The Balaban J connectivity index is 2.44. The Bertz CT molecular complexity index is 338. The first-order chi connectivity index (χ1) is 6.68. The second-order valence-corrected chi connectivity index (χ2v) is 4.04. The molecule has 2 rings (SSSR count). The maximum Gasteiger partial charge on any atom is 0.141 e. The van der Waals surface area contributed by atoms with E-state index >= 15 is 0 Å². The minimum Gasteiger partial charge on any atom is -0.506 e. The highest BCUT2D eigenvalue weighted by atomic mass is 16.3. The minimum absolute atomic E-state index is 0.353. The normalized spacial score (nSPS) is 21.0. The highest BCUT2D eigenvalue weighted by Crippen LogP contribution is 2.36. The van der Waals surface area contributed by atoms with Crippen molar-refractivity contribution in [3.8, 4) is 5.75 Å². The zero-order chi connectivity index (χ0) is 10.1. The van der Waals surface area contributed by atoms with Gasteiger partial charge >= 0.3 is 0 Å². The van der Waals surface area contributed by atoms with Crippen LogP contribution in [0.5, 0.6) is 5.75 Å². The number of phenolic OH excluding ortho intramolecular Hbond substituents is 1. The number of fused-ring (bicyclic) bond motifs is 1. The Morgan fingerprint density at radius 3 is 3.07 bits per heavy atom. The van der Waals surface area contributed by atoms with Crippen LogP contribution in [-0.4, -0.2) is 25.2 Å². The molecule has 14 heavy (non-hydrogen) atoms. The number of aromatic hydroxyl groups is 1. The monoisotopic (exact) mass is 192 g/mol. The van der Waals surface area contributed by atoms with Gasteiger partial charge in [-0.3, -0.25) is 0 Å². The van der Waals surface area contributed by atoms with Crippen LogP contribution in [0.15, 0.2) is 18.2 Å². The van der Waals surface area contributed by atoms with E-state index in [0.717, 1.165) is 24.5 Å². The molecule has 3 nitrogen and oxygen atoms in total. The quantitative estimate of drug-likeness (QED) is 0.659. The second kappa shape index (κ2) is 3.40. The van der Waals surface area contributed by atoms with Crippen LogP contribution in [0, 0.1) is 5.92 Å². The molecule has 1 aromatic carbocycles. The Kier molecular flexibility index (Phi) is 2.23. The van der Waals surface area contributed by atoms with E-state index in [1.807, 2.05) is 19.2 Å². The fraction of sp³-hybridized carbons (Fsp3) is 0.455. The molecule has 1 aliphatic rings. The lowest BCUT2D eigenvalue weighted by Gasteiger charge is -2.21. The molecule has 0 aromatic heterocycles. The van der Waals surface area contributed by atoms with Crippen molar-refractivity contribution in [2.24, 2.45) is 5.92 Å². The SMILES string of the molecule is CC1CNc2cccc(O)c2N(C)C1. The Morgan fingerprint density at radius 1 is 1.50 bits per heavy atom. The fourth-order valence-corrected chi connectivity index (χ4v) is 1.98. The van der Waals surface area contributed by atoms with E-state index in [1.54, 1.807) is 6.07 Å². The molecule has 0 fully saturated rings. The number of hydrogen-bond acceptors (Lipinski definition) is 3. The number of hydrogen-bond donors (Lipinski definition) is 2. The number of rotatable bonds is 0. The lowest BCUT2D eigenvalue weighted by Crippen LogP contribution is -2.24. The molecule has 0 saturated heterocycles. The number of nitrogens with zero attached hydrogens (tertiary/aromatic N) is 1. The number of nitrogens with one attached hydrogen (secondary N) is 1. The smallest absolute Gasteiger partial charge is 0.141 e. The summed E-state index contributed by atoms with van der Waals surface area (Å²) in [5.41, 5.74) is 1.94. The summed E-state index contributed by atoms with van der Waals surface area (Å²) in [4.78, 5) is 2.11. The van der Waals surface area contributed by atoms with Gasteiger partial charge in [0.2, 0.25) is 0 Å². The lowest BCUT2D eigenvalue weighted by atomic mass is 10.2. The molecule has 1 unspecified atom stereocenters. The van der Waals surface area contributed by atoms with Crippen LogP contribution in [-0.2, 0) is 0 Å². The van der Waals surface area contributed by atoms with Crippen molar-refractivity contribution in [2.45, 2.75) is 6.92 Å². The van der Waals surface area contributed by atoms with Crippen molar-refractivity contribution in [1.82, 2.24) is 0 Å². The van der Waals surface area contributed by atoms with Gasteiger partial charge in [0, 0.05) is 20.1 Å². The summed E-state index contributed by atoms with van der Waals surface area (Å²) < 4.78 is 0. The first-order valence-electron chi connectivity index (χ1n) is 4.95. The Labute approximate surface area is 84.4 Å². The summed E-state index contributed by atoms with van der Waals surface area (Å²) >= 11 is 0. The number of phenols is 1. The van der Waals surface area contributed by atoms with Crippen LogP contribution in [0.2, 0.25) is 0 Å². The summed E-state index contributed by atoms with van der Waals surface area (Å²) in [7, 11) is 2.02. The van der Waals surface area contributed by atoms with E-state index < -0.39 is 0 Å². The number of para-hydroxylation sites is 1. The van der Waals surface area contributed by atoms with Gasteiger partial charge < -0.3 is 15.3 Å². The summed E-state index contributed by atoms with van der Waals surface area (Å²) in [6.07, 6.45) is 0. The molecule has 1 heterocycles. The predicted molar refractivity (Wildman–Crippen MR) is 59.0 cm³/mol. The standard InChI is InChI=1S/C11H16N2O/c1-8-6-12-9-4-3-5-10(14)11(9)13(2)7-8/h3-5,8,12,14H,6-7H2,1-2H3. The van der Waals surface area contributed by atoms with Crippen molar-refractivity contribution in [2.75, 3.05) is 30.4 Å². The third-order valence-corrected chi connectivity index (χ3v) is 2.62. The topological polar surface area (TPSA) is 35.5 Å². The second-order valence-electron chi connectivity index (χ2n) is 4.04. The molecule has 0 amide bonds. The molecule has 0 spiro atoms. The highest BCUT2D eigenvalue weighted by molar-refractivity contribution is 5.76. The molecule has 0 bridgehead atoms. The maximum absolute atomic E-state index is 9.76. The van der Waals surface area contributed by atoms with E-state index in [9.17, 15) is 5.11 Å². The summed E-state index contributed by atoms with van der Waals surface area (Å²) in [5, 5.41) is 13.1. The molecule has 76 valence electrons. The van der Waals surface area contributed by atoms with Gasteiger partial charge in [-0.1, -0.05) is 13.0 Å². The van der Waals surface area contributed by atoms with Crippen LogP contribution in [0.3, 0.4) is 0 Å². The molecule has 0 radical (unpaired) electrons. The van der Waals surface area contributed by atoms with Gasteiger partial charge in [-0.2, -0.15) is 0 Å². The van der Waals surface area contributed by atoms with Gasteiger partial charge in [0.05, 0.1) is 5.69 Å². The van der Waals surface area contributed by atoms with E-state index in [4.69, 9.17) is 0 Å². The van der Waals surface area contributed by atoms with Crippen molar-refractivity contribution in [1.29, 1.82) is 0 Å². The number of benzene rings is 1. The van der Waals surface area contributed by atoms with Crippen LogP contribution in [0.25, 0.3) is 0 Å².